The fourth-order valence-corrected chi connectivity index (χ4v) is 0.921. The fraction of sp³-hybridized carbons (Fsp3) is 0.833. The molecule has 9 heavy (non-hydrogen) atoms. The molecule has 0 N–H and O–H groups in total. The van der Waals surface area contributed by atoms with Crippen molar-refractivity contribution in [2.75, 3.05) is 13.7 Å². The predicted molar refractivity (Wildman–Crippen MR) is 30.5 cm³/mol. The van der Waals surface area contributed by atoms with E-state index in [9.17, 15) is 0 Å². The molecule has 0 amide bonds. The third-order valence-corrected chi connectivity index (χ3v) is 1.44. The molecule has 2 unspecified atom stereocenters. The van der Waals surface area contributed by atoms with Gasteiger partial charge < -0.3 is 9.47 Å². The summed E-state index contributed by atoms with van der Waals surface area (Å²) in [5, 5.41) is 8.46. The van der Waals surface area contributed by atoms with Crippen LogP contribution in [0.5, 0.6) is 0 Å². The number of methoxy groups -OCH3 is 1. The molecular formula is C6H9NO2. The van der Waals surface area contributed by atoms with Crippen LogP contribution in [0.3, 0.4) is 0 Å². The van der Waals surface area contributed by atoms with E-state index in [2.05, 4.69) is 6.07 Å². The molecule has 0 radical (unpaired) electrons. The largest absolute Gasteiger partial charge is 0.354 e. The van der Waals surface area contributed by atoms with Crippen LogP contribution in [0, 0.1) is 17.2 Å². The van der Waals surface area contributed by atoms with Crippen LogP contribution in [0.2, 0.25) is 0 Å². The minimum Gasteiger partial charge on any atom is -0.354 e. The number of nitriles is 1. The molecule has 0 saturated carbocycles. The lowest BCUT2D eigenvalue weighted by molar-refractivity contribution is -0.101. The summed E-state index contributed by atoms with van der Waals surface area (Å²) in [4.78, 5) is 0. The van der Waals surface area contributed by atoms with Gasteiger partial charge in [-0.15, -0.1) is 0 Å². The average molecular weight is 127 g/mol. The highest BCUT2D eigenvalue weighted by Gasteiger charge is 2.27. The van der Waals surface area contributed by atoms with Crippen LogP contribution in [-0.2, 0) is 9.47 Å². The van der Waals surface area contributed by atoms with Gasteiger partial charge in [-0.2, -0.15) is 5.26 Å². The van der Waals surface area contributed by atoms with Crippen molar-refractivity contribution in [2.24, 2.45) is 5.92 Å². The first-order valence-corrected chi connectivity index (χ1v) is 2.92. The predicted octanol–water partition coefficient (Wildman–Crippen LogP) is 0.519. The van der Waals surface area contributed by atoms with Gasteiger partial charge >= 0.3 is 0 Å². The smallest absolute Gasteiger partial charge is 0.172 e. The molecule has 0 aliphatic carbocycles. The summed E-state index contributed by atoms with van der Waals surface area (Å²) in [5.74, 6) is -0.0602. The van der Waals surface area contributed by atoms with Gasteiger partial charge in [0.25, 0.3) is 0 Å². The monoisotopic (exact) mass is 127 g/mol. The molecule has 0 aromatic carbocycles. The Hall–Kier alpha value is -0.590. The molecule has 1 aliphatic rings. The zero-order chi connectivity index (χ0) is 6.69. The van der Waals surface area contributed by atoms with Crippen molar-refractivity contribution < 1.29 is 9.47 Å². The molecule has 2 atom stereocenters. The second-order valence-corrected chi connectivity index (χ2v) is 2.00. The van der Waals surface area contributed by atoms with E-state index in [4.69, 9.17) is 14.7 Å². The van der Waals surface area contributed by atoms with Gasteiger partial charge in [0.15, 0.2) is 6.29 Å². The molecule has 1 rings (SSSR count). The molecule has 3 heteroatoms. The van der Waals surface area contributed by atoms with Crippen molar-refractivity contribution in [3.05, 3.63) is 0 Å². The summed E-state index contributed by atoms with van der Waals surface area (Å²) in [6, 6.07) is 2.11. The highest BCUT2D eigenvalue weighted by atomic mass is 16.7. The summed E-state index contributed by atoms with van der Waals surface area (Å²) >= 11 is 0. The minimum absolute atomic E-state index is 0.0602. The van der Waals surface area contributed by atoms with Crippen molar-refractivity contribution in [2.45, 2.75) is 12.7 Å². The van der Waals surface area contributed by atoms with Crippen molar-refractivity contribution in [1.29, 1.82) is 5.26 Å². The number of ether oxygens (including phenoxy) is 2. The molecule has 1 aliphatic heterocycles. The lowest BCUT2D eigenvalue weighted by atomic mass is 10.1. The average Bonchev–Trinajstić information content (AvgIpc) is 2.33. The number of hydrogen-bond acceptors (Lipinski definition) is 3. The Morgan fingerprint density at radius 2 is 2.56 bits per heavy atom. The second-order valence-electron chi connectivity index (χ2n) is 2.00. The summed E-state index contributed by atoms with van der Waals surface area (Å²) in [6.45, 7) is 0.650. The molecule has 3 nitrogen and oxygen atoms in total. The third-order valence-electron chi connectivity index (χ3n) is 1.44. The summed E-state index contributed by atoms with van der Waals surface area (Å²) < 4.78 is 9.93. The van der Waals surface area contributed by atoms with Crippen LogP contribution in [0.15, 0.2) is 0 Å². The molecule has 0 spiro atoms. The van der Waals surface area contributed by atoms with Crippen LogP contribution in [0.1, 0.15) is 6.42 Å². The Balaban J connectivity index is 2.44. The normalized spacial score (nSPS) is 34.2. The maximum absolute atomic E-state index is 8.46. The zero-order valence-electron chi connectivity index (χ0n) is 5.33. The van der Waals surface area contributed by atoms with E-state index < -0.39 is 0 Å². The van der Waals surface area contributed by atoms with E-state index in [1.807, 2.05) is 0 Å². The molecule has 0 aromatic heterocycles. The Labute approximate surface area is 54.2 Å². The van der Waals surface area contributed by atoms with E-state index in [-0.39, 0.29) is 12.2 Å². The minimum atomic E-state index is -0.282. The lowest BCUT2D eigenvalue weighted by Gasteiger charge is -2.08. The van der Waals surface area contributed by atoms with Gasteiger partial charge in [0.1, 0.15) is 0 Å². The third kappa shape index (κ3) is 1.21. The standard InChI is InChI=1S/C6H9NO2/c1-8-6-5(4-7)2-3-9-6/h5-6H,2-3H2,1H3. The molecule has 1 saturated heterocycles. The van der Waals surface area contributed by atoms with Gasteiger partial charge in [-0.1, -0.05) is 0 Å². The number of nitrogens with zero attached hydrogens (tertiary/aromatic N) is 1. The van der Waals surface area contributed by atoms with Gasteiger partial charge in [0, 0.05) is 7.11 Å². The highest BCUT2D eigenvalue weighted by Crippen LogP contribution is 2.19. The topological polar surface area (TPSA) is 42.2 Å². The summed E-state index contributed by atoms with van der Waals surface area (Å²) in [6.07, 6.45) is 0.518. The van der Waals surface area contributed by atoms with Gasteiger partial charge in [0.05, 0.1) is 18.6 Å². The maximum atomic E-state index is 8.46. The highest BCUT2D eigenvalue weighted by molar-refractivity contribution is 4.88. The van der Waals surface area contributed by atoms with Crippen molar-refractivity contribution in [1.82, 2.24) is 0 Å². The number of hydrogen-bond donors (Lipinski definition) is 0. The van der Waals surface area contributed by atoms with Crippen LogP contribution in [-0.4, -0.2) is 20.0 Å². The van der Waals surface area contributed by atoms with E-state index in [0.29, 0.717) is 6.61 Å². The fourth-order valence-electron chi connectivity index (χ4n) is 0.921. The molecular weight excluding hydrogens is 118 g/mol. The van der Waals surface area contributed by atoms with Gasteiger partial charge in [-0.25, -0.2) is 0 Å². The van der Waals surface area contributed by atoms with Crippen molar-refractivity contribution in [3.8, 4) is 6.07 Å². The Morgan fingerprint density at radius 3 is 3.00 bits per heavy atom. The van der Waals surface area contributed by atoms with Crippen LogP contribution < -0.4 is 0 Å². The van der Waals surface area contributed by atoms with Crippen LogP contribution in [0.4, 0.5) is 0 Å². The van der Waals surface area contributed by atoms with Crippen LogP contribution in [0.25, 0.3) is 0 Å². The second kappa shape index (κ2) is 2.81. The quantitative estimate of drug-likeness (QED) is 0.515. The van der Waals surface area contributed by atoms with Gasteiger partial charge in [-0.3, -0.25) is 0 Å². The Kier molecular flexibility index (Phi) is 2.04. The van der Waals surface area contributed by atoms with E-state index in [1.165, 1.54) is 0 Å². The van der Waals surface area contributed by atoms with E-state index in [1.54, 1.807) is 7.11 Å². The molecule has 1 heterocycles. The first-order valence-electron chi connectivity index (χ1n) is 2.92. The summed E-state index contributed by atoms with van der Waals surface area (Å²) in [5.41, 5.74) is 0. The SMILES string of the molecule is COC1OCCC1C#N. The molecule has 0 bridgehead atoms. The Bertz CT molecular complexity index is 130. The Morgan fingerprint density at radius 1 is 1.78 bits per heavy atom. The van der Waals surface area contributed by atoms with Crippen molar-refractivity contribution in [3.63, 3.8) is 0 Å². The lowest BCUT2D eigenvalue weighted by Crippen LogP contribution is -2.15. The first-order chi connectivity index (χ1) is 4.38. The van der Waals surface area contributed by atoms with E-state index >= 15 is 0 Å². The van der Waals surface area contributed by atoms with Gasteiger partial charge in [0.2, 0.25) is 0 Å². The molecule has 1 fully saturated rings. The maximum Gasteiger partial charge on any atom is 0.172 e. The first kappa shape index (κ1) is 6.53. The summed E-state index contributed by atoms with van der Waals surface area (Å²) in [7, 11) is 1.56. The zero-order valence-corrected chi connectivity index (χ0v) is 5.33. The number of rotatable bonds is 1. The van der Waals surface area contributed by atoms with Crippen molar-refractivity contribution >= 4 is 0 Å². The molecule has 50 valence electrons. The van der Waals surface area contributed by atoms with Gasteiger partial charge in [-0.05, 0) is 6.42 Å². The van der Waals surface area contributed by atoms with E-state index in [0.717, 1.165) is 6.42 Å². The molecule has 0 aromatic rings. The van der Waals surface area contributed by atoms with Crippen LogP contribution >= 0.6 is 0 Å².